The molecule has 4 nitrogen and oxygen atoms in total. The van der Waals surface area contributed by atoms with Crippen LogP contribution in [-0.2, 0) is 0 Å². The van der Waals surface area contributed by atoms with Crippen LogP contribution in [0.2, 0.25) is 0 Å². The van der Waals surface area contributed by atoms with Gasteiger partial charge in [-0.05, 0) is 41.6 Å². The molecule has 1 fully saturated rings. The Balaban J connectivity index is 1.95. The second-order valence-electron chi connectivity index (χ2n) is 3.39. The van der Waals surface area contributed by atoms with Gasteiger partial charge in [0.15, 0.2) is 0 Å². The fourth-order valence-electron chi connectivity index (χ4n) is 1.54. The summed E-state index contributed by atoms with van der Waals surface area (Å²) >= 11 is 2.17. The lowest BCUT2D eigenvalue weighted by Gasteiger charge is -2.09. The third kappa shape index (κ3) is 2.27. The first-order chi connectivity index (χ1) is 6.75. The number of hydrogen-bond acceptors (Lipinski definition) is 2. The van der Waals surface area contributed by atoms with Crippen LogP contribution >= 0.6 is 22.6 Å². The summed E-state index contributed by atoms with van der Waals surface area (Å²) in [5.41, 5.74) is 0.640. The zero-order chi connectivity index (χ0) is 9.97. The van der Waals surface area contributed by atoms with Crippen molar-refractivity contribution in [3.05, 3.63) is 21.5 Å². The van der Waals surface area contributed by atoms with Crippen LogP contribution in [0.25, 0.3) is 0 Å². The standard InChI is InChI=1S/C9H12IN3O/c10-6-3-8(12-4-6)9(14)13-7-1-2-11-5-7/h3-4,7,11-12H,1-2,5H2,(H,13,14). The van der Waals surface area contributed by atoms with Crippen LogP contribution < -0.4 is 10.6 Å². The predicted molar refractivity (Wildman–Crippen MR) is 62.3 cm³/mol. The molecule has 1 aliphatic heterocycles. The van der Waals surface area contributed by atoms with Crippen LogP contribution in [0.3, 0.4) is 0 Å². The summed E-state index contributed by atoms with van der Waals surface area (Å²) in [5.74, 6) is -0.0124. The van der Waals surface area contributed by atoms with Gasteiger partial charge in [-0.25, -0.2) is 0 Å². The molecule has 2 heterocycles. The zero-order valence-corrected chi connectivity index (χ0v) is 9.80. The minimum absolute atomic E-state index is 0.0124. The molecular formula is C9H12IN3O. The lowest BCUT2D eigenvalue weighted by molar-refractivity contribution is 0.0935. The lowest BCUT2D eigenvalue weighted by Crippen LogP contribution is -2.36. The summed E-state index contributed by atoms with van der Waals surface area (Å²) in [6.07, 6.45) is 2.84. The third-order valence-electron chi connectivity index (χ3n) is 2.29. The normalized spacial score (nSPS) is 21.1. The molecule has 0 aromatic carbocycles. The third-order valence-corrected chi connectivity index (χ3v) is 2.91. The van der Waals surface area contributed by atoms with Crippen molar-refractivity contribution in [3.8, 4) is 0 Å². The number of halogens is 1. The summed E-state index contributed by atoms with van der Waals surface area (Å²) in [6.45, 7) is 1.87. The molecule has 1 unspecified atom stereocenters. The monoisotopic (exact) mass is 305 g/mol. The molecule has 1 saturated heterocycles. The number of aromatic nitrogens is 1. The summed E-state index contributed by atoms with van der Waals surface area (Å²) in [5, 5.41) is 6.18. The largest absolute Gasteiger partial charge is 0.356 e. The van der Waals surface area contributed by atoms with Gasteiger partial charge in [0.25, 0.3) is 5.91 Å². The first-order valence-corrected chi connectivity index (χ1v) is 5.69. The molecule has 2 rings (SSSR count). The van der Waals surface area contributed by atoms with Gasteiger partial charge in [-0.15, -0.1) is 0 Å². The van der Waals surface area contributed by atoms with Crippen molar-refractivity contribution in [1.29, 1.82) is 0 Å². The van der Waals surface area contributed by atoms with E-state index >= 15 is 0 Å². The molecule has 1 aromatic heterocycles. The van der Waals surface area contributed by atoms with E-state index in [1.165, 1.54) is 0 Å². The van der Waals surface area contributed by atoms with Crippen molar-refractivity contribution >= 4 is 28.5 Å². The highest BCUT2D eigenvalue weighted by Crippen LogP contribution is 2.07. The van der Waals surface area contributed by atoms with E-state index in [9.17, 15) is 4.79 Å². The molecule has 0 spiro atoms. The molecule has 5 heteroatoms. The SMILES string of the molecule is O=C(NC1CCNC1)c1cc(I)c[nH]1. The number of carbonyl (C=O) groups is 1. The van der Waals surface area contributed by atoms with Gasteiger partial charge in [-0.1, -0.05) is 0 Å². The number of aromatic amines is 1. The van der Waals surface area contributed by atoms with E-state index in [-0.39, 0.29) is 11.9 Å². The number of carbonyl (C=O) groups excluding carboxylic acids is 1. The number of H-pyrrole nitrogens is 1. The lowest BCUT2D eigenvalue weighted by atomic mass is 10.2. The van der Waals surface area contributed by atoms with Crippen molar-refractivity contribution in [2.24, 2.45) is 0 Å². The van der Waals surface area contributed by atoms with Crippen LogP contribution in [0, 0.1) is 3.57 Å². The van der Waals surface area contributed by atoms with E-state index in [4.69, 9.17) is 0 Å². The smallest absolute Gasteiger partial charge is 0.267 e. The average Bonchev–Trinajstić information content (AvgIpc) is 2.75. The second-order valence-corrected chi connectivity index (χ2v) is 4.64. The highest BCUT2D eigenvalue weighted by molar-refractivity contribution is 14.1. The number of rotatable bonds is 2. The van der Waals surface area contributed by atoms with Gasteiger partial charge in [0.2, 0.25) is 0 Å². The predicted octanol–water partition coefficient (Wildman–Crippen LogP) is 0.711. The van der Waals surface area contributed by atoms with E-state index in [1.807, 2.05) is 12.3 Å². The van der Waals surface area contributed by atoms with Crippen LogP contribution in [0.4, 0.5) is 0 Å². The maximum Gasteiger partial charge on any atom is 0.267 e. The Bertz CT molecular complexity index is 331. The van der Waals surface area contributed by atoms with Gasteiger partial charge in [0.1, 0.15) is 5.69 Å². The summed E-state index contributed by atoms with van der Waals surface area (Å²) in [6, 6.07) is 2.13. The first kappa shape index (κ1) is 9.97. The fraction of sp³-hybridized carbons (Fsp3) is 0.444. The van der Waals surface area contributed by atoms with Gasteiger partial charge in [0, 0.05) is 22.4 Å². The Kier molecular flexibility index (Phi) is 3.07. The van der Waals surface area contributed by atoms with E-state index in [0.29, 0.717) is 5.69 Å². The minimum atomic E-state index is -0.0124. The molecule has 76 valence electrons. The Hall–Kier alpha value is -0.560. The molecule has 1 aromatic rings. The van der Waals surface area contributed by atoms with Gasteiger partial charge >= 0.3 is 0 Å². The maximum absolute atomic E-state index is 11.6. The molecule has 1 atom stereocenters. The molecule has 3 N–H and O–H groups in total. The van der Waals surface area contributed by atoms with Gasteiger partial charge in [-0.2, -0.15) is 0 Å². The minimum Gasteiger partial charge on any atom is -0.356 e. The van der Waals surface area contributed by atoms with Gasteiger partial charge < -0.3 is 15.6 Å². The fourth-order valence-corrected chi connectivity index (χ4v) is 2.01. The molecule has 0 radical (unpaired) electrons. The summed E-state index contributed by atoms with van der Waals surface area (Å²) in [4.78, 5) is 14.6. The van der Waals surface area contributed by atoms with E-state index < -0.39 is 0 Å². The first-order valence-electron chi connectivity index (χ1n) is 4.61. The van der Waals surface area contributed by atoms with E-state index in [0.717, 1.165) is 23.1 Å². The van der Waals surface area contributed by atoms with Crippen molar-refractivity contribution in [3.63, 3.8) is 0 Å². The van der Waals surface area contributed by atoms with Crippen molar-refractivity contribution in [2.75, 3.05) is 13.1 Å². The van der Waals surface area contributed by atoms with Crippen molar-refractivity contribution in [2.45, 2.75) is 12.5 Å². The molecule has 0 bridgehead atoms. The maximum atomic E-state index is 11.6. The molecule has 0 aliphatic carbocycles. The molecule has 14 heavy (non-hydrogen) atoms. The van der Waals surface area contributed by atoms with Crippen LogP contribution in [-0.4, -0.2) is 30.0 Å². The van der Waals surface area contributed by atoms with E-state index in [1.54, 1.807) is 0 Å². The topological polar surface area (TPSA) is 56.9 Å². The second kappa shape index (κ2) is 4.31. The Morgan fingerprint density at radius 2 is 2.50 bits per heavy atom. The van der Waals surface area contributed by atoms with E-state index in [2.05, 4.69) is 38.2 Å². The zero-order valence-electron chi connectivity index (χ0n) is 7.64. The summed E-state index contributed by atoms with van der Waals surface area (Å²) in [7, 11) is 0. The molecule has 1 aliphatic rings. The summed E-state index contributed by atoms with van der Waals surface area (Å²) < 4.78 is 1.05. The quantitative estimate of drug-likeness (QED) is 0.705. The van der Waals surface area contributed by atoms with Gasteiger partial charge in [0.05, 0.1) is 0 Å². The van der Waals surface area contributed by atoms with Crippen LogP contribution in [0.15, 0.2) is 12.3 Å². The Morgan fingerprint density at radius 3 is 3.07 bits per heavy atom. The van der Waals surface area contributed by atoms with Crippen LogP contribution in [0.1, 0.15) is 16.9 Å². The van der Waals surface area contributed by atoms with Crippen molar-refractivity contribution < 1.29 is 4.79 Å². The Labute approximate surface area is 96.0 Å². The van der Waals surface area contributed by atoms with Crippen LogP contribution in [0.5, 0.6) is 0 Å². The van der Waals surface area contributed by atoms with Gasteiger partial charge in [-0.3, -0.25) is 4.79 Å². The number of amides is 1. The molecular weight excluding hydrogens is 293 g/mol. The molecule has 0 saturated carbocycles. The highest BCUT2D eigenvalue weighted by Gasteiger charge is 2.17. The average molecular weight is 305 g/mol. The van der Waals surface area contributed by atoms with Crippen molar-refractivity contribution in [1.82, 2.24) is 15.6 Å². The molecule has 1 amide bonds. The number of nitrogens with one attached hydrogen (secondary N) is 3. The number of hydrogen-bond donors (Lipinski definition) is 3. The highest BCUT2D eigenvalue weighted by atomic mass is 127. The Morgan fingerprint density at radius 1 is 1.64 bits per heavy atom.